The van der Waals surface area contributed by atoms with Crippen molar-refractivity contribution in [2.45, 2.75) is 39.6 Å². The van der Waals surface area contributed by atoms with Gasteiger partial charge in [-0.25, -0.2) is 4.79 Å². The molecule has 0 bridgehead atoms. The van der Waals surface area contributed by atoms with E-state index in [0.717, 1.165) is 12.8 Å². The number of aromatic carboxylic acids is 1. The second-order valence-corrected chi connectivity index (χ2v) is 6.23. The van der Waals surface area contributed by atoms with Crippen LogP contribution in [0.3, 0.4) is 0 Å². The third kappa shape index (κ3) is 3.86. The van der Waals surface area contributed by atoms with Gasteiger partial charge in [-0.2, -0.15) is 0 Å². The lowest BCUT2D eigenvalue weighted by Gasteiger charge is -2.16. The van der Waals surface area contributed by atoms with Gasteiger partial charge in [0.1, 0.15) is 11.5 Å². The molecule has 7 nitrogen and oxygen atoms in total. The number of carboxylic acids is 1. The fraction of sp³-hybridized carbons (Fsp3) is 0.389. The molecule has 2 rings (SSSR count). The Labute approximate surface area is 156 Å². The monoisotopic (exact) mass is 382 g/mol. The number of H-pyrrole nitrogens is 1. The number of unbranched alkanes of at least 4 members (excludes halogenated alkanes) is 1. The van der Waals surface area contributed by atoms with Gasteiger partial charge >= 0.3 is 5.97 Å². The van der Waals surface area contributed by atoms with Gasteiger partial charge in [-0.3, -0.25) is 0 Å². The molecule has 1 heterocycles. The van der Waals surface area contributed by atoms with Crippen LogP contribution in [0.5, 0.6) is 0 Å². The minimum Gasteiger partial charge on any atom is -0.477 e. The van der Waals surface area contributed by atoms with Gasteiger partial charge in [0.05, 0.1) is 24.8 Å². The van der Waals surface area contributed by atoms with Crippen molar-refractivity contribution in [2.75, 3.05) is 11.9 Å². The number of aromatic amines is 1. The van der Waals surface area contributed by atoms with E-state index >= 15 is 0 Å². The van der Waals surface area contributed by atoms with E-state index < -0.39 is 12.6 Å². The van der Waals surface area contributed by atoms with Gasteiger partial charge in [0.15, 0.2) is 0 Å². The molecule has 0 aliphatic rings. The van der Waals surface area contributed by atoms with Gasteiger partial charge in [0.25, 0.3) is 0 Å². The highest BCUT2D eigenvalue weighted by Gasteiger charge is 2.24. The maximum Gasteiger partial charge on any atom is 0.353 e. The van der Waals surface area contributed by atoms with Crippen molar-refractivity contribution in [2.24, 2.45) is 0 Å². The molecule has 6 N–H and O–H groups in total. The fourth-order valence-corrected chi connectivity index (χ4v) is 3.23. The first-order chi connectivity index (χ1) is 12.5. The van der Waals surface area contributed by atoms with Crippen LogP contribution in [0.15, 0.2) is 12.1 Å². The molecular weight excluding hydrogens is 360 g/mol. The van der Waals surface area contributed by atoms with Crippen molar-refractivity contribution in [1.29, 1.82) is 0 Å². The average Bonchev–Trinajstić information content (AvgIpc) is 2.96. The van der Waals surface area contributed by atoms with Crippen LogP contribution in [-0.4, -0.2) is 37.9 Å². The largest absolute Gasteiger partial charge is 0.477 e. The molecule has 8 heteroatoms. The van der Waals surface area contributed by atoms with Crippen molar-refractivity contribution >= 4 is 23.4 Å². The summed E-state index contributed by atoms with van der Waals surface area (Å²) in [6.45, 7) is 1.61. The highest BCUT2D eigenvalue weighted by molar-refractivity contribution is 6.37. The van der Waals surface area contributed by atoms with E-state index in [-0.39, 0.29) is 23.9 Å². The number of carboxylic acid groups (broad SMARTS) is 1. The molecule has 2 aromatic rings. The standard InChI is InChI=1S/C18H23ClN2O5/c1-2-3-6-20-17-14(15(19)16(21-17)18(25)26)11-5-4-10(7-22)12(8-23)13(11)9-24/h4-5,20-24H,2-3,6-9H2,1H3,(H,25,26). The quantitative estimate of drug-likeness (QED) is 0.370. The van der Waals surface area contributed by atoms with Crippen LogP contribution in [0.4, 0.5) is 5.82 Å². The van der Waals surface area contributed by atoms with E-state index in [0.29, 0.717) is 40.2 Å². The highest BCUT2D eigenvalue weighted by Crippen LogP contribution is 2.41. The summed E-state index contributed by atoms with van der Waals surface area (Å²) in [5, 5.41) is 41.5. The predicted octanol–water partition coefficient (Wildman–Crippen LogP) is 2.72. The molecule has 0 saturated heterocycles. The number of halogens is 1. The maximum atomic E-state index is 11.5. The van der Waals surface area contributed by atoms with Crippen LogP contribution in [0.2, 0.25) is 5.02 Å². The molecule has 0 aliphatic heterocycles. The molecule has 0 atom stereocenters. The summed E-state index contributed by atoms with van der Waals surface area (Å²) < 4.78 is 0. The van der Waals surface area contributed by atoms with Gasteiger partial charge in [0, 0.05) is 12.1 Å². The van der Waals surface area contributed by atoms with E-state index in [4.69, 9.17) is 11.6 Å². The Balaban J connectivity index is 2.68. The fourth-order valence-electron chi connectivity index (χ4n) is 2.90. The zero-order valence-corrected chi connectivity index (χ0v) is 15.2. The van der Waals surface area contributed by atoms with Gasteiger partial charge in [-0.1, -0.05) is 37.1 Å². The third-order valence-corrected chi connectivity index (χ3v) is 4.65. The number of carbonyl (C=O) groups is 1. The Morgan fingerprint density at radius 3 is 2.38 bits per heavy atom. The van der Waals surface area contributed by atoms with Gasteiger partial charge < -0.3 is 30.7 Å². The molecule has 0 unspecified atom stereocenters. The Morgan fingerprint density at radius 2 is 1.85 bits per heavy atom. The van der Waals surface area contributed by atoms with Crippen LogP contribution in [0.25, 0.3) is 11.1 Å². The summed E-state index contributed by atoms with van der Waals surface area (Å²) in [7, 11) is 0. The minimum atomic E-state index is -1.19. The van der Waals surface area contributed by atoms with Crippen LogP contribution in [-0.2, 0) is 19.8 Å². The molecule has 0 amide bonds. The summed E-state index contributed by atoms with van der Waals surface area (Å²) in [5.41, 5.74) is 2.06. The Bertz CT molecular complexity index is 788. The minimum absolute atomic E-state index is 0.0202. The Morgan fingerprint density at radius 1 is 1.15 bits per heavy atom. The van der Waals surface area contributed by atoms with Crippen molar-refractivity contribution in [3.63, 3.8) is 0 Å². The number of hydrogen-bond donors (Lipinski definition) is 6. The highest BCUT2D eigenvalue weighted by atomic mass is 35.5. The Hall–Kier alpha value is -2.06. The van der Waals surface area contributed by atoms with Gasteiger partial charge in [0.2, 0.25) is 0 Å². The number of hydrogen-bond acceptors (Lipinski definition) is 5. The van der Waals surface area contributed by atoms with Crippen molar-refractivity contribution < 1.29 is 25.2 Å². The zero-order valence-electron chi connectivity index (χ0n) is 14.5. The first-order valence-corrected chi connectivity index (χ1v) is 8.73. The number of anilines is 1. The zero-order chi connectivity index (χ0) is 19.3. The second-order valence-electron chi connectivity index (χ2n) is 5.85. The van der Waals surface area contributed by atoms with Crippen LogP contribution in [0, 0.1) is 0 Å². The first kappa shape index (κ1) is 20.3. The maximum absolute atomic E-state index is 11.5. The summed E-state index contributed by atoms with van der Waals surface area (Å²) in [6, 6.07) is 3.28. The first-order valence-electron chi connectivity index (χ1n) is 8.35. The van der Waals surface area contributed by atoms with E-state index in [1.807, 2.05) is 6.92 Å². The Kier molecular flexibility index (Phi) is 7.05. The lowest BCUT2D eigenvalue weighted by Crippen LogP contribution is -2.06. The summed E-state index contributed by atoms with van der Waals surface area (Å²) in [5.74, 6) is -0.754. The molecule has 0 spiro atoms. The topological polar surface area (TPSA) is 126 Å². The van der Waals surface area contributed by atoms with Crippen molar-refractivity contribution in [3.8, 4) is 11.1 Å². The second kappa shape index (κ2) is 9.05. The van der Waals surface area contributed by atoms with E-state index in [9.17, 15) is 25.2 Å². The van der Waals surface area contributed by atoms with E-state index in [2.05, 4.69) is 10.3 Å². The number of nitrogens with one attached hydrogen (secondary N) is 2. The molecule has 1 aromatic heterocycles. The smallest absolute Gasteiger partial charge is 0.353 e. The van der Waals surface area contributed by atoms with Crippen molar-refractivity contribution in [1.82, 2.24) is 4.98 Å². The molecule has 26 heavy (non-hydrogen) atoms. The van der Waals surface area contributed by atoms with Crippen LogP contribution < -0.4 is 5.32 Å². The number of aliphatic hydroxyl groups excluding tert-OH is 3. The van der Waals surface area contributed by atoms with Crippen LogP contribution in [0.1, 0.15) is 46.9 Å². The molecule has 0 radical (unpaired) electrons. The molecule has 0 saturated carbocycles. The number of benzene rings is 1. The number of aromatic nitrogens is 1. The molecule has 0 aliphatic carbocycles. The molecule has 0 fully saturated rings. The summed E-state index contributed by atoms with van der Waals surface area (Å²) in [4.78, 5) is 14.2. The summed E-state index contributed by atoms with van der Waals surface area (Å²) >= 11 is 6.32. The lowest BCUT2D eigenvalue weighted by molar-refractivity contribution is 0.0691. The van der Waals surface area contributed by atoms with E-state index in [1.165, 1.54) is 0 Å². The average molecular weight is 383 g/mol. The van der Waals surface area contributed by atoms with Crippen LogP contribution >= 0.6 is 11.6 Å². The number of rotatable bonds is 9. The third-order valence-electron chi connectivity index (χ3n) is 4.27. The van der Waals surface area contributed by atoms with Crippen molar-refractivity contribution in [3.05, 3.63) is 39.5 Å². The van der Waals surface area contributed by atoms with E-state index in [1.54, 1.807) is 12.1 Å². The number of aliphatic hydroxyl groups is 3. The predicted molar refractivity (Wildman–Crippen MR) is 99.4 cm³/mol. The molecule has 1 aromatic carbocycles. The summed E-state index contributed by atoms with van der Waals surface area (Å²) in [6.07, 6.45) is 1.85. The normalized spacial score (nSPS) is 11.0. The lowest BCUT2D eigenvalue weighted by atomic mass is 9.93. The van der Waals surface area contributed by atoms with Gasteiger partial charge in [-0.05, 0) is 28.7 Å². The SMILES string of the molecule is CCCCNc1[nH]c(C(=O)O)c(Cl)c1-c1ccc(CO)c(CO)c1CO. The molecular formula is C18H23ClN2O5. The molecule has 142 valence electrons. The van der Waals surface area contributed by atoms with Gasteiger partial charge in [-0.15, -0.1) is 0 Å².